The lowest BCUT2D eigenvalue weighted by Gasteiger charge is -2.09. The van der Waals surface area contributed by atoms with Crippen LogP contribution in [0.1, 0.15) is 5.56 Å². The fraction of sp³-hybridized carbons (Fsp3) is 0.154. The van der Waals surface area contributed by atoms with Crippen molar-refractivity contribution < 1.29 is 29.0 Å². The van der Waals surface area contributed by atoms with Crippen molar-refractivity contribution in [1.29, 1.82) is 0 Å². The Morgan fingerprint density at radius 1 is 1.29 bits per heavy atom. The Bertz CT molecular complexity index is 638. The van der Waals surface area contributed by atoms with E-state index in [1.165, 1.54) is 19.3 Å². The first-order valence-corrected chi connectivity index (χ1v) is 5.86. The topological polar surface area (TPSA) is 114 Å². The van der Waals surface area contributed by atoms with Crippen LogP contribution < -0.4 is 20.1 Å². The third-order valence-electron chi connectivity index (χ3n) is 2.57. The molecule has 110 valence electrons. The molecule has 1 aromatic rings. The number of nitrogens with one attached hydrogen (secondary N) is 2. The number of methoxy groups -OCH3 is 1. The highest BCUT2D eigenvalue weighted by Gasteiger charge is 2.22. The predicted molar refractivity (Wildman–Crippen MR) is 70.8 cm³/mol. The largest absolute Gasteiger partial charge is 0.493 e. The molecule has 2 rings (SSSR count). The summed E-state index contributed by atoms with van der Waals surface area (Å²) >= 11 is 0. The van der Waals surface area contributed by atoms with E-state index in [1.54, 1.807) is 12.1 Å². The summed E-state index contributed by atoms with van der Waals surface area (Å²) in [5.41, 5.74) is 0.697. The molecule has 3 amide bonds. The lowest BCUT2D eigenvalue weighted by Crippen LogP contribution is -2.22. The zero-order valence-corrected chi connectivity index (χ0v) is 11.0. The second kappa shape index (κ2) is 5.95. The normalized spacial score (nSPS) is 15.6. The fourth-order valence-electron chi connectivity index (χ4n) is 1.68. The number of carboxylic acid groups (broad SMARTS) is 1. The molecule has 0 aromatic heterocycles. The minimum atomic E-state index is -1.10. The number of hydrogen-bond acceptors (Lipinski definition) is 5. The highest BCUT2D eigenvalue weighted by Crippen LogP contribution is 2.28. The van der Waals surface area contributed by atoms with E-state index in [2.05, 4.69) is 10.6 Å². The molecule has 1 fully saturated rings. The van der Waals surface area contributed by atoms with Crippen LogP contribution in [-0.2, 0) is 9.59 Å². The zero-order valence-electron chi connectivity index (χ0n) is 11.0. The van der Waals surface area contributed by atoms with Crippen LogP contribution in [-0.4, -0.2) is 36.7 Å². The molecular weight excluding hydrogens is 280 g/mol. The minimum Gasteiger partial charge on any atom is -0.493 e. The van der Waals surface area contributed by atoms with Crippen molar-refractivity contribution in [3.63, 3.8) is 0 Å². The molecule has 0 aliphatic carbocycles. The maximum atomic E-state index is 11.4. The van der Waals surface area contributed by atoms with Crippen LogP contribution in [0.15, 0.2) is 23.9 Å². The summed E-state index contributed by atoms with van der Waals surface area (Å²) in [5, 5.41) is 13.0. The van der Waals surface area contributed by atoms with Gasteiger partial charge in [0.15, 0.2) is 18.1 Å². The van der Waals surface area contributed by atoms with Gasteiger partial charge in [-0.05, 0) is 23.8 Å². The molecule has 21 heavy (non-hydrogen) atoms. The highest BCUT2D eigenvalue weighted by molar-refractivity contribution is 6.14. The number of imide groups is 1. The second-order valence-electron chi connectivity index (χ2n) is 4.06. The predicted octanol–water partition coefficient (Wildman–Crippen LogP) is 0.339. The third-order valence-corrected chi connectivity index (χ3v) is 2.57. The summed E-state index contributed by atoms with van der Waals surface area (Å²) in [4.78, 5) is 32.9. The van der Waals surface area contributed by atoms with E-state index >= 15 is 0 Å². The molecule has 8 nitrogen and oxygen atoms in total. The molecule has 1 aromatic carbocycles. The van der Waals surface area contributed by atoms with Crippen LogP contribution >= 0.6 is 0 Å². The Labute approximate surface area is 119 Å². The quantitative estimate of drug-likeness (QED) is 0.532. The van der Waals surface area contributed by atoms with Crippen molar-refractivity contribution in [1.82, 2.24) is 10.6 Å². The number of carbonyl (C=O) groups excluding carboxylic acids is 2. The van der Waals surface area contributed by atoms with E-state index in [4.69, 9.17) is 14.6 Å². The van der Waals surface area contributed by atoms with Gasteiger partial charge in [-0.2, -0.15) is 0 Å². The molecule has 0 spiro atoms. The number of carbonyl (C=O) groups is 3. The van der Waals surface area contributed by atoms with Gasteiger partial charge in [-0.25, -0.2) is 9.59 Å². The Hall–Kier alpha value is -3.03. The van der Waals surface area contributed by atoms with Crippen LogP contribution in [0.2, 0.25) is 0 Å². The van der Waals surface area contributed by atoms with E-state index in [1.807, 2.05) is 0 Å². The van der Waals surface area contributed by atoms with Gasteiger partial charge >= 0.3 is 12.0 Å². The van der Waals surface area contributed by atoms with E-state index in [-0.39, 0.29) is 11.4 Å². The van der Waals surface area contributed by atoms with E-state index in [9.17, 15) is 14.4 Å². The number of ether oxygens (including phenoxy) is 2. The standard InChI is InChI=1S/C13H12N2O6/c1-20-10-5-7(2-3-9(10)21-6-11(16)17)4-8-12(18)15-13(19)14-8/h2-5H,6H2,1H3,(H,16,17)(H2,14,15,18,19)/b8-4+. The summed E-state index contributed by atoms with van der Waals surface area (Å²) < 4.78 is 10.2. The Morgan fingerprint density at radius 2 is 2.05 bits per heavy atom. The molecule has 1 heterocycles. The molecule has 1 aliphatic heterocycles. The smallest absolute Gasteiger partial charge is 0.341 e. The highest BCUT2D eigenvalue weighted by atomic mass is 16.5. The average molecular weight is 292 g/mol. The average Bonchev–Trinajstić information content (AvgIpc) is 2.75. The van der Waals surface area contributed by atoms with Crippen molar-refractivity contribution in [3.05, 3.63) is 29.5 Å². The van der Waals surface area contributed by atoms with Gasteiger partial charge in [-0.3, -0.25) is 10.1 Å². The Kier molecular flexibility index (Phi) is 4.07. The first-order chi connectivity index (χ1) is 9.99. The van der Waals surface area contributed by atoms with Crippen LogP contribution in [0.4, 0.5) is 4.79 Å². The number of rotatable bonds is 5. The van der Waals surface area contributed by atoms with Gasteiger partial charge in [0.25, 0.3) is 5.91 Å². The zero-order chi connectivity index (χ0) is 15.4. The third kappa shape index (κ3) is 3.50. The second-order valence-corrected chi connectivity index (χ2v) is 4.06. The first-order valence-electron chi connectivity index (χ1n) is 5.86. The molecule has 3 N–H and O–H groups in total. The van der Waals surface area contributed by atoms with Gasteiger partial charge in [0.2, 0.25) is 0 Å². The Morgan fingerprint density at radius 3 is 2.62 bits per heavy atom. The van der Waals surface area contributed by atoms with Gasteiger partial charge in [0, 0.05) is 0 Å². The Balaban J connectivity index is 2.23. The number of amides is 3. The molecule has 0 saturated carbocycles. The van der Waals surface area contributed by atoms with E-state index in [0.29, 0.717) is 11.3 Å². The molecule has 1 aliphatic rings. The molecule has 8 heteroatoms. The van der Waals surface area contributed by atoms with Crippen molar-refractivity contribution in [2.45, 2.75) is 0 Å². The number of aliphatic carboxylic acids is 1. The van der Waals surface area contributed by atoms with Crippen LogP contribution in [0.5, 0.6) is 11.5 Å². The van der Waals surface area contributed by atoms with Gasteiger partial charge in [0.1, 0.15) is 5.70 Å². The van der Waals surface area contributed by atoms with Gasteiger partial charge in [-0.1, -0.05) is 6.07 Å². The number of carboxylic acids is 1. The minimum absolute atomic E-state index is 0.112. The number of hydrogen-bond donors (Lipinski definition) is 3. The summed E-state index contributed by atoms with van der Waals surface area (Å²) in [6.07, 6.45) is 1.46. The molecule has 0 unspecified atom stereocenters. The lowest BCUT2D eigenvalue weighted by molar-refractivity contribution is -0.139. The summed E-state index contributed by atoms with van der Waals surface area (Å²) in [5.74, 6) is -1.05. The van der Waals surface area contributed by atoms with Crippen LogP contribution in [0.25, 0.3) is 6.08 Å². The number of urea groups is 1. The maximum absolute atomic E-state index is 11.4. The molecule has 0 atom stereocenters. The fourth-order valence-corrected chi connectivity index (χ4v) is 1.68. The van der Waals surface area contributed by atoms with E-state index in [0.717, 1.165) is 0 Å². The van der Waals surface area contributed by atoms with Gasteiger partial charge < -0.3 is 19.9 Å². The van der Waals surface area contributed by atoms with Crippen LogP contribution in [0.3, 0.4) is 0 Å². The number of benzene rings is 1. The first kappa shape index (κ1) is 14.4. The SMILES string of the molecule is COc1cc(/C=C2/NC(=O)NC2=O)ccc1OCC(=O)O. The van der Waals surface area contributed by atoms with Crippen molar-refractivity contribution in [3.8, 4) is 11.5 Å². The molecular formula is C13H12N2O6. The van der Waals surface area contributed by atoms with Gasteiger partial charge in [0.05, 0.1) is 7.11 Å². The van der Waals surface area contributed by atoms with Crippen molar-refractivity contribution in [2.75, 3.05) is 13.7 Å². The van der Waals surface area contributed by atoms with E-state index < -0.39 is 24.5 Å². The lowest BCUT2D eigenvalue weighted by atomic mass is 10.1. The summed E-state index contributed by atoms with van der Waals surface area (Å²) in [6.45, 7) is -0.491. The molecule has 0 radical (unpaired) electrons. The van der Waals surface area contributed by atoms with Crippen molar-refractivity contribution >= 4 is 24.0 Å². The summed E-state index contributed by atoms with van der Waals surface area (Å²) in [6, 6.07) is 4.09. The summed E-state index contributed by atoms with van der Waals surface area (Å²) in [7, 11) is 1.41. The molecule has 1 saturated heterocycles. The molecule has 0 bridgehead atoms. The van der Waals surface area contributed by atoms with Gasteiger partial charge in [-0.15, -0.1) is 0 Å². The monoisotopic (exact) mass is 292 g/mol. The maximum Gasteiger partial charge on any atom is 0.341 e. The van der Waals surface area contributed by atoms with Crippen molar-refractivity contribution in [2.24, 2.45) is 0 Å². The van der Waals surface area contributed by atoms with Crippen LogP contribution in [0, 0.1) is 0 Å².